The van der Waals surface area contributed by atoms with Crippen molar-refractivity contribution in [1.82, 2.24) is 10.2 Å². The Hall–Kier alpha value is -1.29. The molecule has 4 heteroatoms. The normalized spacial score (nSPS) is 13.7. The minimum atomic E-state index is 0.990. The molecule has 0 atom stereocenters. The van der Waals surface area contributed by atoms with E-state index in [0.29, 0.717) is 0 Å². The van der Waals surface area contributed by atoms with Gasteiger partial charge < -0.3 is 5.32 Å². The van der Waals surface area contributed by atoms with Crippen molar-refractivity contribution in [2.75, 3.05) is 11.9 Å². The minimum absolute atomic E-state index is 0.990. The summed E-state index contributed by atoms with van der Waals surface area (Å²) in [5.41, 5.74) is 3.60. The number of halogens is 1. The van der Waals surface area contributed by atoms with Crippen LogP contribution in [0, 0.1) is 0 Å². The third-order valence-electron chi connectivity index (χ3n) is 2.68. The predicted octanol–water partition coefficient (Wildman–Crippen LogP) is 2.81. The van der Waals surface area contributed by atoms with Gasteiger partial charge in [0.05, 0.1) is 5.69 Å². The van der Waals surface area contributed by atoms with E-state index in [1.54, 1.807) is 0 Å². The third kappa shape index (κ3) is 1.36. The van der Waals surface area contributed by atoms with Crippen molar-refractivity contribution >= 4 is 21.7 Å². The van der Waals surface area contributed by atoms with Crippen molar-refractivity contribution in [3.63, 3.8) is 0 Å². The number of rotatable bonds is 1. The highest BCUT2D eigenvalue weighted by molar-refractivity contribution is 9.10. The lowest BCUT2D eigenvalue weighted by Crippen LogP contribution is -1.94. The molecule has 2 N–H and O–H groups in total. The minimum Gasteiger partial charge on any atom is -0.368 e. The molecule has 0 fully saturated rings. The van der Waals surface area contributed by atoms with Crippen LogP contribution in [0.15, 0.2) is 28.7 Å². The maximum atomic E-state index is 4.26. The second-order valence-corrected chi connectivity index (χ2v) is 4.44. The van der Waals surface area contributed by atoms with Gasteiger partial charge in [-0.05, 0) is 12.5 Å². The first kappa shape index (κ1) is 8.97. The quantitative estimate of drug-likeness (QED) is 0.831. The number of aromatic amines is 1. The molecule has 3 nitrogen and oxygen atoms in total. The van der Waals surface area contributed by atoms with Crippen LogP contribution in [-0.4, -0.2) is 16.7 Å². The molecule has 2 heterocycles. The zero-order chi connectivity index (χ0) is 10.3. The van der Waals surface area contributed by atoms with Gasteiger partial charge in [0, 0.05) is 22.1 Å². The van der Waals surface area contributed by atoms with Crippen molar-refractivity contribution in [3.8, 4) is 11.3 Å². The first-order valence-corrected chi connectivity index (χ1v) is 5.71. The van der Waals surface area contributed by atoms with E-state index in [1.807, 2.05) is 18.2 Å². The molecule has 0 radical (unpaired) electrons. The molecule has 15 heavy (non-hydrogen) atoms. The molecule has 0 saturated carbocycles. The van der Waals surface area contributed by atoms with Gasteiger partial charge in [-0.3, -0.25) is 5.10 Å². The Bertz CT molecular complexity index is 504. The van der Waals surface area contributed by atoms with Crippen LogP contribution >= 0.6 is 15.9 Å². The number of H-pyrrole nitrogens is 1. The van der Waals surface area contributed by atoms with Crippen molar-refractivity contribution < 1.29 is 0 Å². The number of nitrogens with one attached hydrogen (secondary N) is 2. The van der Waals surface area contributed by atoms with Crippen LogP contribution < -0.4 is 5.32 Å². The maximum Gasteiger partial charge on any atom is 0.151 e. The highest BCUT2D eigenvalue weighted by atomic mass is 79.9. The van der Waals surface area contributed by atoms with Gasteiger partial charge in [0.2, 0.25) is 0 Å². The van der Waals surface area contributed by atoms with Gasteiger partial charge in [0.15, 0.2) is 5.82 Å². The molecule has 76 valence electrons. The molecule has 1 aromatic heterocycles. The Labute approximate surface area is 96.0 Å². The smallest absolute Gasteiger partial charge is 0.151 e. The van der Waals surface area contributed by atoms with Gasteiger partial charge >= 0.3 is 0 Å². The highest BCUT2D eigenvalue weighted by Gasteiger charge is 2.19. The Morgan fingerprint density at radius 2 is 2.13 bits per heavy atom. The van der Waals surface area contributed by atoms with Crippen LogP contribution in [0.4, 0.5) is 5.82 Å². The predicted molar refractivity (Wildman–Crippen MR) is 63.9 cm³/mol. The Balaban J connectivity index is 2.17. The molecule has 1 aromatic carbocycles. The first-order valence-electron chi connectivity index (χ1n) is 4.92. The van der Waals surface area contributed by atoms with Crippen molar-refractivity contribution in [2.45, 2.75) is 6.42 Å². The van der Waals surface area contributed by atoms with Crippen LogP contribution in [0.2, 0.25) is 0 Å². The average Bonchev–Trinajstić information content (AvgIpc) is 2.80. The average molecular weight is 264 g/mol. The molecule has 0 unspecified atom stereocenters. The monoisotopic (exact) mass is 263 g/mol. The Kier molecular flexibility index (Phi) is 2.02. The Morgan fingerprint density at radius 3 is 3.00 bits per heavy atom. The second-order valence-electron chi connectivity index (χ2n) is 3.58. The van der Waals surface area contributed by atoms with E-state index >= 15 is 0 Å². The fourth-order valence-corrected chi connectivity index (χ4v) is 2.43. The molecule has 1 aliphatic heterocycles. The number of fused-ring (bicyclic) bond motifs is 1. The fourth-order valence-electron chi connectivity index (χ4n) is 1.95. The SMILES string of the molecule is Brc1ccccc1-c1[nH]nc2c1CCN2. The van der Waals surface area contributed by atoms with Crippen molar-refractivity contribution in [3.05, 3.63) is 34.3 Å². The summed E-state index contributed by atoms with van der Waals surface area (Å²) in [6.45, 7) is 0.990. The van der Waals surface area contributed by atoms with Crippen LogP contribution in [0.25, 0.3) is 11.3 Å². The summed E-state index contributed by atoms with van der Waals surface area (Å²) in [4.78, 5) is 0. The summed E-state index contributed by atoms with van der Waals surface area (Å²) < 4.78 is 1.10. The van der Waals surface area contributed by atoms with Crippen LogP contribution in [0.1, 0.15) is 5.56 Å². The van der Waals surface area contributed by atoms with Gasteiger partial charge in [-0.25, -0.2) is 0 Å². The van der Waals surface area contributed by atoms with Gasteiger partial charge in [-0.1, -0.05) is 34.1 Å². The van der Waals surface area contributed by atoms with Gasteiger partial charge in [0.25, 0.3) is 0 Å². The van der Waals surface area contributed by atoms with Crippen LogP contribution in [-0.2, 0) is 6.42 Å². The van der Waals surface area contributed by atoms with E-state index in [4.69, 9.17) is 0 Å². The van der Waals surface area contributed by atoms with Crippen LogP contribution in [0.5, 0.6) is 0 Å². The van der Waals surface area contributed by atoms with E-state index < -0.39 is 0 Å². The lowest BCUT2D eigenvalue weighted by molar-refractivity contribution is 1.04. The second kappa shape index (κ2) is 3.38. The molecule has 0 bridgehead atoms. The molecule has 2 aromatic rings. The molecule has 3 rings (SSSR count). The lowest BCUT2D eigenvalue weighted by Gasteiger charge is -2.02. The van der Waals surface area contributed by atoms with Gasteiger partial charge in [-0.2, -0.15) is 5.10 Å². The molecular weight excluding hydrogens is 254 g/mol. The number of hydrogen-bond acceptors (Lipinski definition) is 2. The topological polar surface area (TPSA) is 40.7 Å². The van der Waals surface area contributed by atoms with E-state index in [1.165, 1.54) is 11.1 Å². The largest absolute Gasteiger partial charge is 0.368 e. The molecular formula is C11H10BrN3. The first-order chi connectivity index (χ1) is 7.36. The molecule has 0 amide bonds. The summed E-state index contributed by atoms with van der Waals surface area (Å²) in [6.07, 6.45) is 1.04. The third-order valence-corrected chi connectivity index (χ3v) is 3.37. The number of aromatic nitrogens is 2. The number of hydrogen-bond donors (Lipinski definition) is 2. The standard InChI is InChI=1S/C11H10BrN3/c12-9-4-2-1-3-7(9)10-8-5-6-13-11(8)15-14-10/h1-4H,5-6H2,(H2,13,14,15). The zero-order valence-electron chi connectivity index (χ0n) is 8.05. The fraction of sp³-hybridized carbons (Fsp3) is 0.182. The summed E-state index contributed by atoms with van der Waals surface area (Å²) in [5.74, 6) is 1.00. The van der Waals surface area contributed by atoms with Crippen LogP contribution in [0.3, 0.4) is 0 Å². The van der Waals surface area contributed by atoms with Gasteiger partial charge in [-0.15, -0.1) is 0 Å². The van der Waals surface area contributed by atoms with E-state index in [2.05, 4.69) is 37.5 Å². The lowest BCUT2D eigenvalue weighted by atomic mass is 10.1. The highest BCUT2D eigenvalue weighted by Crippen LogP contribution is 2.34. The van der Waals surface area contributed by atoms with Gasteiger partial charge in [0.1, 0.15) is 0 Å². The van der Waals surface area contributed by atoms with E-state index in [9.17, 15) is 0 Å². The zero-order valence-corrected chi connectivity index (χ0v) is 9.63. The maximum absolute atomic E-state index is 4.26. The summed E-state index contributed by atoms with van der Waals surface area (Å²) in [7, 11) is 0. The molecule has 0 aliphatic carbocycles. The Morgan fingerprint density at radius 1 is 1.27 bits per heavy atom. The van der Waals surface area contributed by atoms with E-state index in [-0.39, 0.29) is 0 Å². The van der Waals surface area contributed by atoms with Crippen molar-refractivity contribution in [2.24, 2.45) is 0 Å². The molecule has 0 spiro atoms. The van der Waals surface area contributed by atoms with E-state index in [0.717, 1.165) is 29.0 Å². The molecule has 1 aliphatic rings. The van der Waals surface area contributed by atoms with Crippen molar-refractivity contribution in [1.29, 1.82) is 0 Å². The summed E-state index contributed by atoms with van der Waals surface area (Å²) in [5, 5.41) is 10.6. The summed E-state index contributed by atoms with van der Waals surface area (Å²) in [6, 6.07) is 8.19. The number of anilines is 1. The molecule has 0 saturated heterocycles. The summed E-state index contributed by atoms with van der Waals surface area (Å²) >= 11 is 3.56. The number of nitrogens with zero attached hydrogens (tertiary/aromatic N) is 1. The number of benzene rings is 1.